The monoisotopic (exact) mass is 398 g/mol. The highest BCUT2D eigenvalue weighted by Gasteiger charge is 2.20. The van der Waals surface area contributed by atoms with E-state index in [9.17, 15) is 8.42 Å². The van der Waals surface area contributed by atoms with E-state index in [1.54, 1.807) is 11.1 Å². The molecule has 1 heterocycles. The van der Waals surface area contributed by atoms with E-state index in [2.05, 4.69) is 53.8 Å². The minimum Gasteiger partial charge on any atom is -0.314 e. The number of benzene rings is 3. The van der Waals surface area contributed by atoms with Gasteiger partial charge in [0.1, 0.15) is 0 Å². The van der Waals surface area contributed by atoms with Crippen LogP contribution in [-0.2, 0) is 23.1 Å². The van der Waals surface area contributed by atoms with Gasteiger partial charge in [-0.15, -0.1) is 0 Å². The Morgan fingerprint density at radius 2 is 1.54 bits per heavy atom. The second-order valence-electron chi connectivity index (χ2n) is 7.42. The Morgan fingerprint density at radius 3 is 2.29 bits per heavy atom. The fraction of sp³-hybridized carbons (Fsp3) is 0.364. The molecule has 2 aliphatic rings. The molecule has 0 aromatic heterocycles. The van der Waals surface area contributed by atoms with Gasteiger partial charge in [0, 0.05) is 26.2 Å². The Hall–Kier alpha value is -1.99. The number of hydrogen-bond acceptors (Lipinski definition) is 3. The van der Waals surface area contributed by atoms with Gasteiger partial charge in [-0.1, -0.05) is 48.5 Å². The Balaban J connectivity index is 0.000000165. The summed E-state index contributed by atoms with van der Waals surface area (Å²) >= 11 is 0. The fourth-order valence-electron chi connectivity index (χ4n) is 4.22. The number of rotatable bonds is 1. The van der Waals surface area contributed by atoms with Gasteiger partial charge >= 0.3 is 10.3 Å². The number of fused-ring (bicyclic) bond motifs is 5. The lowest BCUT2D eigenvalue weighted by Crippen LogP contribution is -2.46. The number of nitrogens with zero attached hydrogens (tertiary/aromatic N) is 1. The molecule has 1 aliphatic carbocycles. The van der Waals surface area contributed by atoms with Crippen molar-refractivity contribution in [3.63, 3.8) is 0 Å². The van der Waals surface area contributed by atoms with Crippen LogP contribution in [0.3, 0.4) is 0 Å². The lowest BCUT2D eigenvalue weighted by molar-refractivity contribution is 0.319. The van der Waals surface area contributed by atoms with Crippen molar-refractivity contribution >= 4 is 31.8 Å². The maximum atomic E-state index is 10.4. The second kappa shape index (κ2) is 8.17. The van der Waals surface area contributed by atoms with Crippen LogP contribution < -0.4 is 5.32 Å². The standard InChI is InChI=1S/C18H16.C4H10N2O3S/c1-3-7-15-13(5-1)9-11-18-16-8-4-2-6-14(16)10-12-17(15)18;7-10(8,9)6-3-1-5-2-4-6/h1,3,5,7,9-12H,2,4,6,8H2;5H,1-4H2,(H,7,8,9). The highest BCUT2D eigenvalue weighted by Crippen LogP contribution is 2.33. The maximum Gasteiger partial charge on any atom is 0.335 e. The molecule has 0 atom stereocenters. The summed E-state index contributed by atoms with van der Waals surface area (Å²) in [7, 11) is -3.93. The molecule has 0 radical (unpaired) electrons. The molecule has 0 spiro atoms. The molecule has 5 rings (SSSR count). The minimum atomic E-state index is -3.93. The van der Waals surface area contributed by atoms with Crippen molar-refractivity contribution < 1.29 is 13.0 Å². The molecule has 1 fully saturated rings. The molecule has 1 saturated heterocycles. The van der Waals surface area contributed by atoms with Crippen molar-refractivity contribution in [2.24, 2.45) is 0 Å². The van der Waals surface area contributed by atoms with Crippen LogP contribution in [0.15, 0.2) is 48.5 Å². The molecule has 3 aromatic carbocycles. The quantitative estimate of drug-likeness (QED) is 0.486. The fourth-order valence-corrected chi connectivity index (χ4v) is 4.86. The highest BCUT2D eigenvalue weighted by atomic mass is 32.2. The molecule has 2 N–H and O–H groups in total. The van der Waals surface area contributed by atoms with Gasteiger partial charge in [-0.25, -0.2) is 0 Å². The van der Waals surface area contributed by atoms with Crippen molar-refractivity contribution in [1.82, 2.24) is 9.62 Å². The topological polar surface area (TPSA) is 69.6 Å². The first-order chi connectivity index (χ1) is 13.5. The number of nitrogens with one attached hydrogen (secondary N) is 1. The van der Waals surface area contributed by atoms with Crippen LogP contribution in [0.1, 0.15) is 24.0 Å². The van der Waals surface area contributed by atoms with E-state index in [1.165, 1.54) is 47.2 Å². The minimum absolute atomic E-state index is 0.360. The molecule has 0 saturated carbocycles. The first kappa shape index (κ1) is 19.3. The third kappa shape index (κ3) is 4.05. The van der Waals surface area contributed by atoms with Gasteiger partial charge in [-0.3, -0.25) is 4.55 Å². The molecule has 3 aromatic rings. The van der Waals surface area contributed by atoms with E-state index < -0.39 is 10.3 Å². The molecular weight excluding hydrogens is 372 g/mol. The van der Waals surface area contributed by atoms with E-state index >= 15 is 0 Å². The van der Waals surface area contributed by atoms with E-state index in [-0.39, 0.29) is 0 Å². The van der Waals surface area contributed by atoms with Crippen molar-refractivity contribution in [3.8, 4) is 0 Å². The molecule has 1 aliphatic heterocycles. The lowest BCUT2D eigenvalue weighted by atomic mass is 9.86. The summed E-state index contributed by atoms with van der Waals surface area (Å²) in [6, 6.07) is 18.0. The number of aryl methyl sites for hydroxylation is 2. The van der Waals surface area contributed by atoms with Crippen molar-refractivity contribution in [2.75, 3.05) is 26.2 Å². The molecule has 28 heavy (non-hydrogen) atoms. The summed E-state index contributed by atoms with van der Waals surface area (Å²) in [5, 5.41) is 8.61. The first-order valence-corrected chi connectivity index (χ1v) is 11.3. The Labute approximate surface area is 166 Å². The zero-order valence-corrected chi connectivity index (χ0v) is 16.7. The first-order valence-electron chi connectivity index (χ1n) is 9.89. The molecule has 148 valence electrons. The summed E-state index contributed by atoms with van der Waals surface area (Å²) in [5.74, 6) is 0. The van der Waals surface area contributed by atoms with Crippen LogP contribution in [0.5, 0.6) is 0 Å². The van der Waals surface area contributed by atoms with Crippen molar-refractivity contribution in [3.05, 3.63) is 59.7 Å². The summed E-state index contributed by atoms with van der Waals surface area (Å²) in [6.45, 7) is 1.94. The average Bonchev–Trinajstić information content (AvgIpc) is 2.74. The molecule has 5 nitrogen and oxygen atoms in total. The van der Waals surface area contributed by atoms with Crippen LogP contribution in [0.25, 0.3) is 21.5 Å². The maximum absolute atomic E-state index is 10.4. The third-order valence-electron chi connectivity index (χ3n) is 5.66. The normalized spacial score (nSPS) is 17.8. The van der Waals surface area contributed by atoms with Crippen LogP contribution in [-0.4, -0.2) is 43.5 Å². The number of piperazine rings is 1. The van der Waals surface area contributed by atoms with Gasteiger partial charge in [-0.05, 0) is 58.4 Å². The molecule has 0 amide bonds. The van der Waals surface area contributed by atoms with Crippen LogP contribution in [0.4, 0.5) is 0 Å². The third-order valence-corrected chi connectivity index (χ3v) is 6.68. The molecular formula is C22H26N2O3S. The van der Waals surface area contributed by atoms with Crippen LogP contribution >= 0.6 is 0 Å². The zero-order chi connectivity index (χ0) is 19.6. The summed E-state index contributed by atoms with van der Waals surface area (Å²) < 4.78 is 30.4. The zero-order valence-electron chi connectivity index (χ0n) is 15.9. The lowest BCUT2D eigenvalue weighted by Gasteiger charge is -2.23. The average molecular weight is 399 g/mol. The van der Waals surface area contributed by atoms with E-state index in [4.69, 9.17) is 4.55 Å². The highest BCUT2D eigenvalue weighted by molar-refractivity contribution is 7.83. The largest absolute Gasteiger partial charge is 0.335 e. The molecule has 0 bridgehead atoms. The summed E-state index contributed by atoms with van der Waals surface area (Å²) in [5.41, 5.74) is 3.17. The Morgan fingerprint density at radius 1 is 0.821 bits per heavy atom. The van der Waals surface area contributed by atoms with Crippen LogP contribution in [0.2, 0.25) is 0 Å². The van der Waals surface area contributed by atoms with Gasteiger partial charge in [0.05, 0.1) is 0 Å². The Kier molecular flexibility index (Phi) is 5.64. The summed E-state index contributed by atoms with van der Waals surface area (Å²) in [4.78, 5) is 0. The SMILES string of the molecule is O=S(=O)(O)N1CCNCC1.c1ccc2c(c1)ccc1c3c(ccc12)CCCC3. The number of hydrogen-bond donors (Lipinski definition) is 2. The smallest absolute Gasteiger partial charge is 0.314 e. The van der Waals surface area contributed by atoms with Gasteiger partial charge in [0.2, 0.25) is 0 Å². The van der Waals surface area contributed by atoms with Gasteiger partial charge in [0.25, 0.3) is 0 Å². The van der Waals surface area contributed by atoms with E-state index in [1.807, 2.05) is 0 Å². The molecule has 6 heteroatoms. The van der Waals surface area contributed by atoms with Crippen molar-refractivity contribution in [2.45, 2.75) is 25.7 Å². The second-order valence-corrected chi connectivity index (χ2v) is 8.83. The predicted octanol–water partition coefficient (Wildman–Crippen LogP) is 3.57. The van der Waals surface area contributed by atoms with Crippen molar-refractivity contribution in [1.29, 1.82) is 0 Å². The van der Waals surface area contributed by atoms with Crippen LogP contribution in [0, 0.1) is 0 Å². The Bertz CT molecular complexity index is 1090. The van der Waals surface area contributed by atoms with Gasteiger partial charge in [-0.2, -0.15) is 12.7 Å². The van der Waals surface area contributed by atoms with E-state index in [0.717, 1.165) is 4.31 Å². The summed E-state index contributed by atoms with van der Waals surface area (Å²) in [6.07, 6.45) is 5.22. The van der Waals surface area contributed by atoms with Gasteiger partial charge in [0.15, 0.2) is 0 Å². The van der Waals surface area contributed by atoms with Gasteiger partial charge < -0.3 is 5.32 Å². The molecule has 0 unspecified atom stereocenters. The predicted molar refractivity (Wildman–Crippen MR) is 114 cm³/mol. The van der Waals surface area contributed by atoms with E-state index in [0.29, 0.717) is 26.2 Å².